The van der Waals surface area contributed by atoms with E-state index in [1.807, 2.05) is 69.2 Å². The first kappa shape index (κ1) is 80.0. The van der Waals surface area contributed by atoms with Gasteiger partial charge in [-0.25, -0.2) is 0 Å². The van der Waals surface area contributed by atoms with Crippen molar-refractivity contribution in [2.45, 2.75) is 304 Å². The van der Waals surface area contributed by atoms with Crippen LogP contribution in [0.4, 0.5) is 0 Å². The number of hydrogen-bond donors (Lipinski definition) is 0. The zero-order valence-corrected chi connectivity index (χ0v) is 58.3. The normalized spacial score (nSPS) is 10.7. The fourth-order valence-corrected chi connectivity index (χ4v) is 9.57. The summed E-state index contributed by atoms with van der Waals surface area (Å²) in [5, 5.41) is 0. The van der Waals surface area contributed by atoms with E-state index in [4.69, 9.17) is 0 Å². The van der Waals surface area contributed by atoms with Crippen molar-refractivity contribution in [1.29, 1.82) is 0 Å². The van der Waals surface area contributed by atoms with Crippen LogP contribution in [-0.4, -0.2) is 0 Å². The first-order valence-electron chi connectivity index (χ1n) is 29.5. The minimum absolute atomic E-state index is 0.264. The molecule has 0 N–H and O–H groups in total. The highest BCUT2D eigenvalue weighted by molar-refractivity contribution is 5.45. The maximum atomic E-state index is 2.32. The minimum Gasteiger partial charge on any atom is -0.0683 e. The standard InChI is InChI=1S/5C13H20.5C2H6/c2*1-9-7-11(3)12(8-10(9)2)13(4,5)6;1-9-7-10(2)11(3)12(8-9)13(4,5)6;2*1-9-7-8-10(2)12(11(9)3)13(4,5)6;5*1-2/h5*7-8H,1-6H3;5*1-2H3. The predicted molar refractivity (Wildman–Crippen MR) is 354 cm³/mol. The molecule has 0 amide bonds. The third kappa shape index (κ3) is 27.8. The molecular weight excluding hydrogens is 901 g/mol. The quantitative estimate of drug-likeness (QED) is 0.145. The van der Waals surface area contributed by atoms with E-state index in [1.165, 1.54) is 111 Å². The van der Waals surface area contributed by atoms with E-state index in [-0.39, 0.29) is 27.1 Å². The zero-order chi connectivity index (χ0) is 61.1. The Kier molecular flexibility index (Phi) is 38.6. The Hall–Kier alpha value is -3.90. The van der Waals surface area contributed by atoms with Crippen molar-refractivity contribution in [2.75, 3.05) is 0 Å². The van der Waals surface area contributed by atoms with Crippen LogP contribution in [0.15, 0.2) is 60.7 Å². The molecule has 0 nitrogen and oxygen atoms in total. The lowest BCUT2D eigenvalue weighted by molar-refractivity contribution is 0.581. The molecule has 0 aliphatic heterocycles. The predicted octanol–water partition coefficient (Wildman–Crippen LogP) is 24.7. The van der Waals surface area contributed by atoms with E-state index < -0.39 is 0 Å². The number of rotatable bonds is 0. The molecule has 0 heteroatoms. The molecule has 430 valence electrons. The molecule has 0 atom stereocenters. The molecule has 0 aromatic heterocycles. The van der Waals surface area contributed by atoms with E-state index in [1.54, 1.807) is 0 Å². The number of aryl methyl sites for hydroxylation is 12. The molecule has 0 unspecified atom stereocenters. The molecule has 0 bridgehead atoms. The van der Waals surface area contributed by atoms with E-state index in [9.17, 15) is 0 Å². The third-order valence-corrected chi connectivity index (χ3v) is 13.3. The average molecular weight is 1030 g/mol. The lowest BCUT2D eigenvalue weighted by atomic mass is 9.80. The van der Waals surface area contributed by atoms with Gasteiger partial charge >= 0.3 is 0 Å². The monoisotopic (exact) mass is 1030 g/mol. The fourth-order valence-electron chi connectivity index (χ4n) is 9.57. The average Bonchev–Trinajstić information content (AvgIpc) is 3.30. The molecule has 5 aromatic rings. The molecule has 0 aliphatic rings. The first-order chi connectivity index (χ1) is 34.1. The van der Waals surface area contributed by atoms with E-state index in [0.29, 0.717) is 0 Å². The van der Waals surface area contributed by atoms with Gasteiger partial charge in [0.05, 0.1) is 0 Å². The summed E-state index contributed by atoms with van der Waals surface area (Å²) in [6, 6.07) is 22.7. The Morgan fingerprint density at radius 2 is 0.440 bits per heavy atom. The summed E-state index contributed by atoms with van der Waals surface area (Å²) in [6.45, 7) is 87.0. The molecule has 5 aromatic carbocycles. The minimum atomic E-state index is 0.264. The van der Waals surface area contributed by atoms with Crippen molar-refractivity contribution >= 4 is 0 Å². The second kappa shape index (κ2) is 36.2. The van der Waals surface area contributed by atoms with Crippen LogP contribution in [0.5, 0.6) is 0 Å². The maximum absolute atomic E-state index is 2.32. The molecule has 0 radical (unpaired) electrons. The number of hydrogen-bond acceptors (Lipinski definition) is 0. The fraction of sp³-hybridized carbons (Fsp3) is 0.600. The van der Waals surface area contributed by atoms with Crippen LogP contribution in [0, 0.1) is 104 Å². The molecule has 0 fully saturated rings. The van der Waals surface area contributed by atoms with Gasteiger partial charge in [0.25, 0.3) is 0 Å². The second-order valence-electron chi connectivity index (χ2n) is 24.9. The van der Waals surface area contributed by atoms with Crippen LogP contribution in [0.2, 0.25) is 0 Å². The van der Waals surface area contributed by atoms with Gasteiger partial charge < -0.3 is 0 Å². The first-order valence-corrected chi connectivity index (χ1v) is 29.5. The Morgan fingerprint density at radius 1 is 0.200 bits per heavy atom. The topological polar surface area (TPSA) is 0 Å². The molecule has 0 saturated carbocycles. The van der Waals surface area contributed by atoms with Gasteiger partial charge in [0, 0.05) is 0 Å². The Labute approximate surface area is 473 Å². The highest BCUT2D eigenvalue weighted by atomic mass is 14.3. The smallest absolute Gasteiger partial charge is 0.0127 e. The molecule has 0 heterocycles. The van der Waals surface area contributed by atoms with Gasteiger partial charge in [-0.05, 0) is 237 Å². The van der Waals surface area contributed by atoms with Crippen molar-refractivity contribution in [3.8, 4) is 0 Å². The van der Waals surface area contributed by atoms with Crippen LogP contribution in [0.25, 0.3) is 0 Å². The van der Waals surface area contributed by atoms with Crippen LogP contribution in [0.3, 0.4) is 0 Å². The Balaban J connectivity index is -0.000000261. The Morgan fingerprint density at radius 3 is 0.667 bits per heavy atom. The van der Waals surface area contributed by atoms with Crippen molar-refractivity contribution in [2.24, 2.45) is 0 Å². The van der Waals surface area contributed by atoms with Crippen LogP contribution in [-0.2, 0) is 27.1 Å². The summed E-state index contributed by atoms with van der Waals surface area (Å²) >= 11 is 0. The van der Waals surface area contributed by atoms with Crippen LogP contribution >= 0.6 is 0 Å². The summed E-state index contributed by atoms with van der Waals surface area (Å²) in [4.78, 5) is 0. The summed E-state index contributed by atoms with van der Waals surface area (Å²) in [5.74, 6) is 0. The van der Waals surface area contributed by atoms with Gasteiger partial charge in [-0.2, -0.15) is 0 Å². The van der Waals surface area contributed by atoms with Crippen molar-refractivity contribution in [3.05, 3.63) is 172 Å². The summed E-state index contributed by atoms with van der Waals surface area (Å²) in [5.41, 5.74) is 29.9. The van der Waals surface area contributed by atoms with Crippen molar-refractivity contribution < 1.29 is 0 Å². The maximum Gasteiger partial charge on any atom is -0.0127 e. The van der Waals surface area contributed by atoms with Crippen molar-refractivity contribution in [1.82, 2.24) is 0 Å². The van der Waals surface area contributed by atoms with Crippen molar-refractivity contribution in [3.63, 3.8) is 0 Å². The molecule has 5 rings (SSSR count). The lowest BCUT2D eigenvalue weighted by Gasteiger charge is -2.25. The summed E-state index contributed by atoms with van der Waals surface area (Å²) < 4.78 is 0. The highest BCUT2D eigenvalue weighted by Gasteiger charge is 2.22. The van der Waals surface area contributed by atoms with Gasteiger partial charge in [-0.1, -0.05) is 239 Å². The molecule has 75 heavy (non-hydrogen) atoms. The van der Waals surface area contributed by atoms with Gasteiger partial charge in [0.2, 0.25) is 0 Å². The largest absolute Gasteiger partial charge is 0.0683 e. The van der Waals surface area contributed by atoms with Gasteiger partial charge in [-0.3, -0.25) is 0 Å². The Bertz CT molecular complexity index is 2220. The SMILES string of the molecule is CC.CC.CC.CC.CC.Cc1cc(C)c(C(C)(C)C)cc1C.Cc1cc(C)c(C(C)(C)C)cc1C.Cc1cc(C)c(C)c(C(C)(C)C)c1.Cc1ccc(C)c(C(C)(C)C)c1C.Cc1ccc(C)c(C(C)(C)C)c1C. The molecular formula is C75H130. The number of benzene rings is 5. The molecule has 0 spiro atoms. The molecule has 0 aliphatic carbocycles. The molecule has 0 saturated heterocycles. The van der Waals surface area contributed by atoms with E-state index >= 15 is 0 Å². The van der Waals surface area contributed by atoms with Gasteiger partial charge in [-0.15, -0.1) is 0 Å². The third-order valence-electron chi connectivity index (χ3n) is 13.3. The summed E-state index contributed by atoms with van der Waals surface area (Å²) in [7, 11) is 0. The van der Waals surface area contributed by atoms with E-state index in [2.05, 4.69) is 268 Å². The van der Waals surface area contributed by atoms with Crippen LogP contribution in [0.1, 0.15) is 284 Å². The highest BCUT2D eigenvalue weighted by Crippen LogP contribution is 2.33. The second-order valence-corrected chi connectivity index (χ2v) is 24.9. The van der Waals surface area contributed by atoms with E-state index in [0.717, 1.165) is 0 Å². The lowest BCUT2D eigenvalue weighted by Crippen LogP contribution is -2.15. The summed E-state index contributed by atoms with van der Waals surface area (Å²) in [6.07, 6.45) is 0. The zero-order valence-electron chi connectivity index (χ0n) is 58.3. The van der Waals surface area contributed by atoms with Crippen LogP contribution < -0.4 is 0 Å². The van der Waals surface area contributed by atoms with Gasteiger partial charge in [0.15, 0.2) is 0 Å². The van der Waals surface area contributed by atoms with Gasteiger partial charge in [0.1, 0.15) is 0 Å².